The fourth-order valence-electron chi connectivity index (χ4n) is 1.81. The monoisotopic (exact) mass is 306 g/mol. The van der Waals surface area contributed by atoms with Gasteiger partial charge in [0.15, 0.2) is 0 Å². The van der Waals surface area contributed by atoms with Gasteiger partial charge in [0.25, 0.3) is 0 Å². The lowest BCUT2D eigenvalue weighted by molar-refractivity contribution is 0.856. The number of hydrogen-bond acceptors (Lipinski definition) is 4. The molecule has 0 saturated heterocycles. The minimum absolute atomic E-state index is 0.0229. The largest absolute Gasteiger partial charge is 0.388 e. The molecule has 0 aliphatic heterocycles. The molecule has 0 spiro atoms. The quantitative estimate of drug-likeness (QED) is 0.849. The third-order valence-corrected chi connectivity index (χ3v) is 3.25. The Bertz CT molecular complexity index is 645. The molecule has 0 aliphatic rings. The maximum absolute atomic E-state index is 5.99. The molecule has 0 bridgehead atoms. The molecule has 1 aromatic heterocycles. The zero-order chi connectivity index (χ0) is 14.7. The minimum Gasteiger partial charge on any atom is -0.388 e. The Morgan fingerprint density at radius 3 is 2.75 bits per heavy atom. The van der Waals surface area contributed by atoms with E-state index in [4.69, 9.17) is 29.6 Å². The van der Waals surface area contributed by atoms with E-state index in [1.165, 1.54) is 0 Å². The van der Waals surface area contributed by atoms with Crippen LogP contribution in [0.5, 0.6) is 0 Å². The van der Waals surface area contributed by atoms with Crippen molar-refractivity contribution in [3.05, 3.63) is 52.3 Å². The maximum atomic E-state index is 5.99. The van der Waals surface area contributed by atoms with Gasteiger partial charge in [-0.3, -0.25) is 0 Å². The van der Waals surface area contributed by atoms with Gasteiger partial charge in [0.1, 0.15) is 10.7 Å². The highest BCUT2D eigenvalue weighted by atomic mass is 35.5. The fourth-order valence-corrected chi connectivity index (χ4v) is 2.12. The van der Waals surface area contributed by atoms with Crippen molar-refractivity contribution in [1.29, 1.82) is 0 Å². The van der Waals surface area contributed by atoms with Crippen LogP contribution in [0.1, 0.15) is 29.9 Å². The van der Waals surface area contributed by atoms with Gasteiger partial charge in [-0.05, 0) is 37.6 Å². The fraction of sp³-hybridized carbons (Fsp3) is 0.214. The van der Waals surface area contributed by atoms with Crippen molar-refractivity contribution in [2.75, 3.05) is 5.32 Å². The Morgan fingerprint density at radius 1 is 1.35 bits per heavy atom. The van der Waals surface area contributed by atoms with Crippen molar-refractivity contribution >= 4 is 34.8 Å². The van der Waals surface area contributed by atoms with Crippen LogP contribution < -0.4 is 11.1 Å². The summed E-state index contributed by atoms with van der Waals surface area (Å²) in [5.74, 6) is 0.500. The second kappa shape index (κ2) is 6.15. The number of hydrogen-bond donors (Lipinski definition) is 2. The number of nitrogens with one attached hydrogen (secondary N) is 1. The molecule has 0 amide bonds. The second-order valence-corrected chi connectivity index (χ2v) is 5.38. The highest BCUT2D eigenvalue weighted by Crippen LogP contribution is 2.20. The van der Waals surface area contributed by atoms with Crippen molar-refractivity contribution in [3.8, 4) is 0 Å². The standard InChI is InChI=1S/C14H15ClN4S/c1-8-6-12(13(16)20)19-14(17-8)18-9(2)10-4-3-5-11(15)7-10/h3-7,9H,1-2H3,(H2,16,20)(H,17,18,19). The van der Waals surface area contributed by atoms with E-state index >= 15 is 0 Å². The topological polar surface area (TPSA) is 63.8 Å². The molecule has 0 fully saturated rings. The smallest absolute Gasteiger partial charge is 0.224 e. The molecule has 104 valence electrons. The van der Waals surface area contributed by atoms with Gasteiger partial charge >= 0.3 is 0 Å². The first-order valence-corrected chi connectivity index (χ1v) is 6.92. The number of aryl methyl sites for hydroxylation is 1. The first-order chi connectivity index (χ1) is 9.45. The summed E-state index contributed by atoms with van der Waals surface area (Å²) in [6.07, 6.45) is 0. The summed E-state index contributed by atoms with van der Waals surface area (Å²) in [5.41, 5.74) is 8.04. The van der Waals surface area contributed by atoms with E-state index < -0.39 is 0 Å². The van der Waals surface area contributed by atoms with Crippen molar-refractivity contribution in [1.82, 2.24) is 9.97 Å². The predicted molar refractivity (Wildman–Crippen MR) is 86.1 cm³/mol. The van der Waals surface area contributed by atoms with Crippen LogP contribution in [0.15, 0.2) is 30.3 Å². The SMILES string of the molecule is Cc1cc(C(N)=S)nc(NC(C)c2cccc(Cl)c2)n1. The second-order valence-electron chi connectivity index (χ2n) is 4.50. The molecule has 1 atom stereocenters. The van der Waals surface area contributed by atoms with Crippen molar-refractivity contribution < 1.29 is 0 Å². The zero-order valence-electron chi connectivity index (χ0n) is 11.2. The summed E-state index contributed by atoms with van der Waals surface area (Å²) in [4.78, 5) is 8.89. The molecule has 0 saturated carbocycles. The van der Waals surface area contributed by atoms with Gasteiger partial charge in [0, 0.05) is 10.7 Å². The van der Waals surface area contributed by atoms with Gasteiger partial charge < -0.3 is 11.1 Å². The Morgan fingerprint density at radius 2 is 2.10 bits per heavy atom. The molecule has 2 rings (SSSR count). The summed E-state index contributed by atoms with van der Waals surface area (Å²) in [6.45, 7) is 3.89. The van der Waals surface area contributed by atoms with Gasteiger partial charge in [-0.1, -0.05) is 36.0 Å². The molecule has 1 aromatic carbocycles. The Kier molecular flexibility index (Phi) is 4.52. The molecule has 0 radical (unpaired) electrons. The average molecular weight is 307 g/mol. The van der Waals surface area contributed by atoms with E-state index in [1.807, 2.05) is 38.1 Å². The first kappa shape index (κ1) is 14.7. The van der Waals surface area contributed by atoms with E-state index in [2.05, 4.69) is 15.3 Å². The number of rotatable bonds is 4. The third-order valence-electron chi connectivity index (χ3n) is 2.80. The summed E-state index contributed by atoms with van der Waals surface area (Å²) >= 11 is 10.9. The van der Waals surface area contributed by atoms with Crippen LogP contribution >= 0.6 is 23.8 Å². The molecule has 0 aliphatic carbocycles. The highest BCUT2D eigenvalue weighted by molar-refractivity contribution is 7.80. The average Bonchev–Trinajstić information content (AvgIpc) is 2.37. The van der Waals surface area contributed by atoms with Crippen molar-refractivity contribution in [2.24, 2.45) is 5.73 Å². The lowest BCUT2D eigenvalue weighted by atomic mass is 10.1. The third kappa shape index (κ3) is 3.65. The molecule has 20 heavy (non-hydrogen) atoms. The van der Waals surface area contributed by atoms with E-state index in [0.717, 1.165) is 11.3 Å². The van der Waals surface area contributed by atoms with Crippen LogP contribution in [0.3, 0.4) is 0 Å². The van der Waals surface area contributed by atoms with E-state index in [1.54, 1.807) is 6.07 Å². The summed E-state index contributed by atoms with van der Waals surface area (Å²) in [7, 11) is 0. The summed E-state index contributed by atoms with van der Waals surface area (Å²) < 4.78 is 0. The van der Waals surface area contributed by atoms with Gasteiger partial charge in [0.2, 0.25) is 5.95 Å². The first-order valence-electron chi connectivity index (χ1n) is 6.13. The highest BCUT2D eigenvalue weighted by Gasteiger charge is 2.09. The number of aromatic nitrogens is 2. The van der Waals surface area contributed by atoms with Crippen LogP contribution in [-0.4, -0.2) is 15.0 Å². The van der Waals surface area contributed by atoms with Crippen LogP contribution in [0, 0.1) is 6.92 Å². The molecular formula is C14H15ClN4S. The Hall–Kier alpha value is -1.72. The van der Waals surface area contributed by atoms with Crippen molar-refractivity contribution in [3.63, 3.8) is 0 Å². The number of anilines is 1. The van der Waals surface area contributed by atoms with Gasteiger partial charge in [-0.15, -0.1) is 0 Å². The minimum atomic E-state index is 0.0229. The van der Waals surface area contributed by atoms with Crippen LogP contribution in [0.2, 0.25) is 5.02 Å². The molecule has 3 N–H and O–H groups in total. The number of halogens is 1. The Balaban J connectivity index is 2.23. The molecule has 1 heterocycles. The van der Waals surface area contributed by atoms with E-state index in [-0.39, 0.29) is 11.0 Å². The lowest BCUT2D eigenvalue weighted by Gasteiger charge is -2.15. The van der Waals surface area contributed by atoms with Crippen LogP contribution in [-0.2, 0) is 0 Å². The maximum Gasteiger partial charge on any atom is 0.224 e. The molecule has 4 nitrogen and oxygen atoms in total. The summed E-state index contributed by atoms with van der Waals surface area (Å²) in [5, 5.41) is 3.92. The lowest BCUT2D eigenvalue weighted by Crippen LogP contribution is -2.16. The molecule has 6 heteroatoms. The van der Waals surface area contributed by atoms with Crippen molar-refractivity contribution in [2.45, 2.75) is 19.9 Å². The number of nitrogens with two attached hydrogens (primary N) is 1. The van der Waals surface area contributed by atoms with E-state index in [0.29, 0.717) is 16.7 Å². The molecular weight excluding hydrogens is 292 g/mol. The molecule has 2 aromatic rings. The van der Waals surface area contributed by atoms with Gasteiger partial charge in [0.05, 0.1) is 6.04 Å². The number of thiocarbonyl (C=S) groups is 1. The van der Waals surface area contributed by atoms with E-state index in [9.17, 15) is 0 Å². The van der Waals surface area contributed by atoms with Gasteiger partial charge in [-0.2, -0.15) is 0 Å². The predicted octanol–water partition coefficient (Wildman–Crippen LogP) is 3.25. The normalized spacial score (nSPS) is 11.9. The summed E-state index contributed by atoms with van der Waals surface area (Å²) in [6, 6.07) is 9.43. The van der Waals surface area contributed by atoms with Crippen LogP contribution in [0.25, 0.3) is 0 Å². The number of benzene rings is 1. The zero-order valence-corrected chi connectivity index (χ0v) is 12.8. The Labute approximate surface area is 128 Å². The van der Waals surface area contributed by atoms with Crippen LogP contribution in [0.4, 0.5) is 5.95 Å². The molecule has 1 unspecified atom stereocenters. The van der Waals surface area contributed by atoms with Gasteiger partial charge in [-0.25, -0.2) is 9.97 Å². The number of nitrogens with zero attached hydrogens (tertiary/aromatic N) is 2.